The van der Waals surface area contributed by atoms with Crippen LogP contribution in [0.1, 0.15) is 19.4 Å². The second-order valence-corrected chi connectivity index (χ2v) is 7.78. The second kappa shape index (κ2) is 11.1. The molecule has 0 saturated heterocycles. The Hall–Kier alpha value is -4.12. The van der Waals surface area contributed by atoms with Crippen molar-refractivity contribution in [3.05, 3.63) is 71.9 Å². The van der Waals surface area contributed by atoms with Crippen molar-refractivity contribution in [3.8, 4) is 0 Å². The van der Waals surface area contributed by atoms with Crippen LogP contribution in [0.5, 0.6) is 0 Å². The Labute approximate surface area is 210 Å². The first-order valence-corrected chi connectivity index (χ1v) is 11.0. The van der Waals surface area contributed by atoms with Gasteiger partial charge in [0.1, 0.15) is 5.02 Å². The first-order chi connectivity index (χ1) is 17.0. The number of carbonyl (C=O) groups is 2. The van der Waals surface area contributed by atoms with Gasteiger partial charge in [0.15, 0.2) is 5.82 Å². The normalized spacial score (nSPS) is 10.9. The van der Waals surface area contributed by atoms with Crippen molar-refractivity contribution in [2.24, 2.45) is 0 Å². The zero-order valence-corrected chi connectivity index (χ0v) is 20.0. The van der Waals surface area contributed by atoms with Crippen LogP contribution in [0.2, 0.25) is 5.02 Å². The molecule has 1 aromatic heterocycles. The summed E-state index contributed by atoms with van der Waals surface area (Å²) in [6.45, 7) is 6.56. The predicted molar refractivity (Wildman–Crippen MR) is 134 cm³/mol. The summed E-state index contributed by atoms with van der Waals surface area (Å²) in [6, 6.07) is 10.2. The van der Waals surface area contributed by atoms with Crippen molar-refractivity contribution in [1.82, 2.24) is 9.97 Å². The standard InChI is InChI=1S/C24H22ClF3N6O2/c1-4-21(36)30-19-8-6-7-9-20(19)31-22-17(25)13-29-23(33-22)32-18-11-10-15(34(5-2)14(3)35)12-16(18)24(26,27)28/h4,6-13H,1,5H2,2-3H3,(H,30,36)(H2,29,31,32,33). The van der Waals surface area contributed by atoms with Crippen LogP contribution in [0.25, 0.3) is 0 Å². The van der Waals surface area contributed by atoms with Crippen molar-refractivity contribution in [2.75, 3.05) is 27.4 Å². The summed E-state index contributed by atoms with van der Waals surface area (Å²) in [7, 11) is 0. The van der Waals surface area contributed by atoms with Crippen LogP contribution in [-0.4, -0.2) is 28.3 Å². The Morgan fingerprint density at radius 3 is 2.42 bits per heavy atom. The van der Waals surface area contributed by atoms with Gasteiger partial charge in [-0.15, -0.1) is 0 Å². The largest absolute Gasteiger partial charge is 0.418 e. The fraction of sp³-hybridized carbons (Fsp3) is 0.167. The lowest BCUT2D eigenvalue weighted by Crippen LogP contribution is -2.28. The Morgan fingerprint density at radius 2 is 1.81 bits per heavy atom. The van der Waals surface area contributed by atoms with E-state index in [1.54, 1.807) is 31.2 Å². The van der Waals surface area contributed by atoms with Crippen molar-refractivity contribution in [3.63, 3.8) is 0 Å². The van der Waals surface area contributed by atoms with Crippen LogP contribution in [0.3, 0.4) is 0 Å². The number of para-hydroxylation sites is 2. The van der Waals surface area contributed by atoms with Gasteiger partial charge in [0.05, 0.1) is 28.8 Å². The summed E-state index contributed by atoms with van der Waals surface area (Å²) in [6.07, 6.45) is -2.39. The molecule has 0 aliphatic carbocycles. The third-order valence-electron chi connectivity index (χ3n) is 4.93. The number of alkyl halides is 3. The van der Waals surface area contributed by atoms with E-state index in [0.717, 1.165) is 12.1 Å². The maximum absolute atomic E-state index is 13.8. The van der Waals surface area contributed by atoms with Gasteiger partial charge < -0.3 is 20.9 Å². The van der Waals surface area contributed by atoms with E-state index in [2.05, 4.69) is 32.5 Å². The van der Waals surface area contributed by atoms with Crippen LogP contribution in [0.4, 0.5) is 47.7 Å². The molecule has 3 aromatic rings. The van der Waals surface area contributed by atoms with Crippen LogP contribution in [0.15, 0.2) is 61.3 Å². The molecule has 0 bridgehead atoms. The number of anilines is 6. The van der Waals surface area contributed by atoms with Gasteiger partial charge in [0.2, 0.25) is 17.8 Å². The Bertz CT molecular complexity index is 1300. The molecule has 12 heteroatoms. The molecule has 2 amide bonds. The van der Waals surface area contributed by atoms with Crippen molar-refractivity contribution in [2.45, 2.75) is 20.0 Å². The van der Waals surface area contributed by atoms with E-state index in [1.807, 2.05) is 0 Å². The second-order valence-electron chi connectivity index (χ2n) is 7.37. The molecule has 0 radical (unpaired) electrons. The summed E-state index contributed by atoms with van der Waals surface area (Å²) in [4.78, 5) is 32.9. The lowest BCUT2D eigenvalue weighted by atomic mass is 10.1. The zero-order valence-electron chi connectivity index (χ0n) is 19.3. The molecule has 188 valence electrons. The quantitative estimate of drug-likeness (QED) is 0.310. The lowest BCUT2D eigenvalue weighted by molar-refractivity contribution is -0.137. The highest BCUT2D eigenvalue weighted by molar-refractivity contribution is 6.33. The molecule has 0 spiro atoms. The van der Waals surface area contributed by atoms with Crippen LogP contribution in [-0.2, 0) is 15.8 Å². The number of nitrogens with one attached hydrogen (secondary N) is 3. The van der Waals surface area contributed by atoms with Crippen LogP contribution in [0, 0.1) is 0 Å². The van der Waals surface area contributed by atoms with E-state index in [4.69, 9.17) is 11.6 Å². The minimum Gasteiger partial charge on any atom is -0.337 e. The number of carbonyl (C=O) groups excluding carboxylic acids is 2. The maximum atomic E-state index is 13.8. The molecule has 0 aliphatic rings. The molecule has 0 aliphatic heterocycles. The number of halogens is 4. The Kier molecular flexibility index (Phi) is 8.15. The number of hydrogen-bond donors (Lipinski definition) is 3. The van der Waals surface area contributed by atoms with Crippen LogP contribution >= 0.6 is 11.6 Å². The first kappa shape index (κ1) is 26.5. The zero-order chi connectivity index (χ0) is 26.5. The SMILES string of the molecule is C=CC(=O)Nc1ccccc1Nc1nc(Nc2ccc(N(CC)C(C)=O)cc2C(F)(F)F)ncc1Cl. The monoisotopic (exact) mass is 518 g/mol. The Morgan fingerprint density at radius 1 is 1.11 bits per heavy atom. The molecular formula is C24H22ClF3N6O2. The van der Waals surface area contributed by atoms with E-state index >= 15 is 0 Å². The number of hydrogen-bond acceptors (Lipinski definition) is 6. The van der Waals surface area contributed by atoms with E-state index in [9.17, 15) is 22.8 Å². The minimum atomic E-state index is -4.72. The maximum Gasteiger partial charge on any atom is 0.418 e. The van der Waals surface area contributed by atoms with E-state index in [1.165, 1.54) is 30.2 Å². The summed E-state index contributed by atoms with van der Waals surface area (Å²) >= 11 is 6.20. The molecule has 1 heterocycles. The third-order valence-corrected chi connectivity index (χ3v) is 5.21. The minimum absolute atomic E-state index is 0.0911. The molecule has 36 heavy (non-hydrogen) atoms. The van der Waals surface area contributed by atoms with Gasteiger partial charge >= 0.3 is 6.18 Å². The number of nitrogens with zero attached hydrogens (tertiary/aromatic N) is 3. The molecule has 8 nitrogen and oxygen atoms in total. The highest BCUT2D eigenvalue weighted by Crippen LogP contribution is 2.38. The smallest absolute Gasteiger partial charge is 0.337 e. The highest BCUT2D eigenvalue weighted by atomic mass is 35.5. The molecule has 0 saturated carbocycles. The molecule has 2 aromatic carbocycles. The van der Waals surface area contributed by atoms with E-state index < -0.39 is 17.6 Å². The van der Waals surface area contributed by atoms with Crippen LogP contribution < -0.4 is 20.9 Å². The first-order valence-electron chi connectivity index (χ1n) is 10.6. The topological polar surface area (TPSA) is 99.2 Å². The number of rotatable bonds is 8. The number of amides is 2. The van der Waals surface area contributed by atoms with Crippen molar-refractivity contribution in [1.29, 1.82) is 0 Å². The summed E-state index contributed by atoms with van der Waals surface area (Å²) < 4.78 is 41.5. The lowest BCUT2D eigenvalue weighted by Gasteiger charge is -2.22. The van der Waals surface area contributed by atoms with Gasteiger partial charge in [-0.1, -0.05) is 30.3 Å². The van der Waals surface area contributed by atoms with Gasteiger partial charge in [0, 0.05) is 19.2 Å². The van der Waals surface area contributed by atoms with Gasteiger partial charge in [-0.25, -0.2) is 4.98 Å². The van der Waals surface area contributed by atoms with Gasteiger partial charge in [-0.2, -0.15) is 18.2 Å². The van der Waals surface area contributed by atoms with Gasteiger partial charge in [-0.3, -0.25) is 9.59 Å². The molecule has 0 fully saturated rings. The molecule has 0 atom stereocenters. The molecule has 0 unspecified atom stereocenters. The van der Waals surface area contributed by atoms with E-state index in [-0.39, 0.29) is 40.6 Å². The van der Waals surface area contributed by atoms with Crippen molar-refractivity contribution < 1.29 is 22.8 Å². The predicted octanol–water partition coefficient (Wildman–Crippen LogP) is 6.13. The molecule has 3 N–H and O–H groups in total. The summed E-state index contributed by atoms with van der Waals surface area (Å²) in [5.74, 6) is -0.886. The highest BCUT2D eigenvalue weighted by Gasteiger charge is 2.34. The average Bonchev–Trinajstić information content (AvgIpc) is 2.82. The van der Waals surface area contributed by atoms with Gasteiger partial charge in [-0.05, 0) is 43.3 Å². The number of aromatic nitrogens is 2. The number of benzene rings is 2. The fourth-order valence-corrected chi connectivity index (χ4v) is 3.42. The Balaban J connectivity index is 1.95. The molecular weight excluding hydrogens is 497 g/mol. The summed E-state index contributed by atoms with van der Waals surface area (Å²) in [5.41, 5.74) is -0.348. The van der Waals surface area contributed by atoms with Gasteiger partial charge in [0.25, 0.3) is 0 Å². The fourth-order valence-electron chi connectivity index (χ4n) is 3.28. The van der Waals surface area contributed by atoms with E-state index in [0.29, 0.717) is 11.4 Å². The molecule has 3 rings (SSSR count). The third kappa shape index (κ3) is 6.30. The summed E-state index contributed by atoms with van der Waals surface area (Å²) in [5, 5.41) is 8.25. The average molecular weight is 519 g/mol. The van der Waals surface area contributed by atoms with Crippen molar-refractivity contribution >= 4 is 57.9 Å².